The van der Waals surface area contributed by atoms with E-state index in [1.807, 2.05) is 6.92 Å². The summed E-state index contributed by atoms with van der Waals surface area (Å²) in [6.45, 7) is 3.25. The first kappa shape index (κ1) is 8.48. The van der Waals surface area contributed by atoms with Crippen molar-refractivity contribution in [2.45, 2.75) is 13.3 Å². The van der Waals surface area contributed by atoms with E-state index < -0.39 is 0 Å². The van der Waals surface area contributed by atoms with Crippen LogP contribution in [-0.2, 0) is 4.74 Å². The second-order valence-electron chi connectivity index (χ2n) is 1.46. The zero-order valence-corrected chi connectivity index (χ0v) is 5.68. The topological polar surface area (TPSA) is 29.5 Å². The summed E-state index contributed by atoms with van der Waals surface area (Å²) in [5.74, 6) is 5.50. The van der Waals surface area contributed by atoms with E-state index in [-0.39, 0.29) is 6.61 Å². The van der Waals surface area contributed by atoms with Gasteiger partial charge in [0.2, 0.25) is 0 Å². The van der Waals surface area contributed by atoms with Crippen LogP contribution in [0.3, 0.4) is 0 Å². The van der Waals surface area contributed by atoms with Gasteiger partial charge in [-0.1, -0.05) is 11.8 Å². The van der Waals surface area contributed by atoms with Gasteiger partial charge >= 0.3 is 0 Å². The molecule has 0 aromatic rings. The third-order valence-corrected chi connectivity index (χ3v) is 0.740. The average Bonchev–Trinajstić information content (AvgIpc) is 1.89. The summed E-state index contributed by atoms with van der Waals surface area (Å²) in [6.07, 6.45) is 0.549. The van der Waals surface area contributed by atoms with E-state index >= 15 is 0 Å². The third-order valence-electron chi connectivity index (χ3n) is 0.740. The molecule has 0 unspecified atom stereocenters. The molecule has 0 amide bonds. The number of aliphatic hydroxyl groups is 1. The number of ether oxygens (including phenoxy) is 1. The summed E-state index contributed by atoms with van der Waals surface area (Å²) in [7, 11) is 0. The van der Waals surface area contributed by atoms with Gasteiger partial charge in [0.15, 0.2) is 0 Å². The van der Waals surface area contributed by atoms with Crippen molar-refractivity contribution in [1.82, 2.24) is 0 Å². The van der Waals surface area contributed by atoms with E-state index in [9.17, 15) is 0 Å². The molecule has 0 spiro atoms. The molecule has 0 aliphatic rings. The number of hydrogen-bond acceptors (Lipinski definition) is 2. The highest BCUT2D eigenvalue weighted by atomic mass is 16.5. The number of hydrogen-bond donors (Lipinski definition) is 1. The SMILES string of the molecule is CCOCC#CCCO. The second kappa shape index (κ2) is 7.48. The molecule has 0 bridgehead atoms. The van der Waals surface area contributed by atoms with Gasteiger partial charge in [-0.05, 0) is 6.92 Å². The maximum atomic E-state index is 8.28. The summed E-state index contributed by atoms with van der Waals surface area (Å²) in [5, 5.41) is 8.28. The molecule has 0 saturated heterocycles. The summed E-state index contributed by atoms with van der Waals surface area (Å²) in [6, 6.07) is 0. The van der Waals surface area contributed by atoms with Crippen LogP contribution in [0.15, 0.2) is 0 Å². The van der Waals surface area contributed by atoms with E-state index in [0.29, 0.717) is 19.6 Å². The van der Waals surface area contributed by atoms with Crippen LogP contribution < -0.4 is 0 Å². The first-order valence-corrected chi connectivity index (χ1v) is 3.06. The maximum absolute atomic E-state index is 8.28. The van der Waals surface area contributed by atoms with Crippen molar-refractivity contribution in [1.29, 1.82) is 0 Å². The molecule has 0 aliphatic carbocycles. The van der Waals surface area contributed by atoms with Crippen molar-refractivity contribution in [3.63, 3.8) is 0 Å². The maximum Gasteiger partial charge on any atom is 0.107 e. The summed E-state index contributed by atoms with van der Waals surface area (Å²) in [4.78, 5) is 0. The van der Waals surface area contributed by atoms with Crippen molar-refractivity contribution in [2.75, 3.05) is 19.8 Å². The molecule has 0 heterocycles. The van der Waals surface area contributed by atoms with E-state index in [1.54, 1.807) is 0 Å². The normalized spacial score (nSPS) is 8.22. The van der Waals surface area contributed by atoms with Crippen molar-refractivity contribution in [2.24, 2.45) is 0 Å². The molecule has 2 nitrogen and oxygen atoms in total. The van der Waals surface area contributed by atoms with E-state index in [1.165, 1.54) is 0 Å². The van der Waals surface area contributed by atoms with Crippen LogP contribution in [0.5, 0.6) is 0 Å². The molecule has 0 fully saturated rings. The van der Waals surface area contributed by atoms with Crippen LogP contribution in [0.1, 0.15) is 13.3 Å². The first-order valence-electron chi connectivity index (χ1n) is 3.06. The minimum absolute atomic E-state index is 0.138. The molecular weight excluding hydrogens is 116 g/mol. The first-order chi connectivity index (χ1) is 4.41. The second-order valence-corrected chi connectivity index (χ2v) is 1.46. The monoisotopic (exact) mass is 128 g/mol. The lowest BCUT2D eigenvalue weighted by molar-refractivity contribution is 0.182. The van der Waals surface area contributed by atoms with Crippen LogP contribution >= 0.6 is 0 Å². The summed E-state index contributed by atoms with van der Waals surface area (Å²) >= 11 is 0. The lowest BCUT2D eigenvalue weighted by Gasteiger charge is -1.88. The van der Waals surface area contributed by atoms with Crippen LogP contribution in [-0.4, -0.2) is 24.9 Å². The zero-order valence-electron chi connectivity index (χ0n) is 5.68. The Labute approximate surface area is 55.8 Å². The Morgan fingerprint density at radius 2 is 2.22 bits per heavy atom. The van der Waals surface area contributed by atoms with Gasteiger partial charge in [-0.25, -0.2) is 0 Å². The molecule has 0 aliphatic heterocycles. The summed E-state index contributed by atoms with van der Waals surface area (Å²) < 4.78 is 4.92. The largest absolute Gasteiger partial charge is 0.395 e. The Kier molecular flexibility index (Phi) is 7.05. The van der Waals surface area contributed by atoms with Gasteiger partial charge in [0.1, 0.15) is 6.61 Å². The van der Waals surface area contributed by atoms with Crippen molar-refractivity contribution in [3.8, 4) is 11.8 Å². The van der Waals surface area contributed by atoms with Gasteiger partial charge in [-0.2, -0.15) is 0 Å². The highest BCUT2D eigenvalue weighted by molar-refractivity contribution is 4.98. The van der Waals surface area contributed by atoms with E-state index in [0.717, 1.165) is 0 Å². The fraction of sp³-hybridized carbons (Fsp3) is 0.714. The minimum Gasteiger partial charge on any atom is -0.395 e. The van der Waals surface area contributed by atoms with Gasteiger partial charge in [-0.15, -0.1) is 0 Å². The van der Waals surface area contributed by atoms with Gasteiger partial charge in [0, 0.05) is 13.0 Å². The molecule has 2 heteroatoms. The van der Waals surface area contributed by atoms with Gasteiger partial charge in [-0.3, -0.25) is 0 Å². The van der Waals surface area contributed by atoms with Gasteiger partial charge in [0.25, 0.3) is 0 Å². The Hall–Kier alpha value is -0.520. The highest BCUT2D eigenvalue weighted by Crippen LogP contribution is 1.72. The van der Waals surface area contributed by atoms with Crippen molar-refractivity contribution >= 4 is 0 Å². The third kappa shape index (κ3) is 7.48. The molecule has 1 N–H and O–H groups in total. The minimum atomic E-state index is 0.138. The lowest BCUT2D eigenvalue weighted by atomic mass is 10.4. The molecule has 52 valence electrons. The molecule has 0 atom stereocenters. The van der Waals surface area contributed by atoms with E-state index in [2.05, 4.69) is 11.8 Å². The standard InChI is InChI=1S/C7H12O2/c1-2-9-7-5-3-4-6-8/h8H,2,4,6-7H2,1H3. The summed E-state index contributed by atoms with van der Waals surface area (Å²) in [5.41, 5.74) is 0. The Morgan fingerprint density at radius 3 is 2.78 bits per heavy atom. The fourth-order valence-electron chi connectivity index (χ4n) is 0.348. The number of rotatable bonds is 3. The molecule has 9 heavy (non-hydrogen) atoms. The predicted molar refractivity (Wildman–Crippen MR) is 36.0 cm³/mol. The van der Waals surface area contributed by atoms with Crippen molar-refractivity contribution < 1.29 is 9.84 Å². The van der Waals surface area contributed by atoms with Gasteiger partial charge in [0.05, 0.1) is 6.61 Å². The zero-order chi connectivity index (χ0) is 6.95. The molecule has 0 aromatic carbocycles. The van der Waals surface area contributed by atoms with Crippen molar-refractivity contribution in [3.05, 3.63) is 0 Å². The molecule has 0 radical (unpaired) electrons. The molecule has 0 aromatic heterocycles. The van der Waals surface area contributed by atoms with Crippen LogP contribution in [0, 0.1) is 11.8 Å². The smallest absolute Gasteiger partial charge is 0.107 e. The Balaban J connectivity index is 2.96. The van der Waals surface area contributed by atoms with Gasteiger partial charge < -0.3 is 9.84 Å². The lowest BCUT2D eigenvalue weighted by Crippen LogP contribution is -1.88. The van der Waals surface area contributed by atoms with Crippen LogP contribution in [0.4, 0.5) is 0 Å². The molecule has 0 rings (SSSR count). The van der Waals surface area contributed by atoms with Crippen LogP contribution in [0.25, 0.3) is 0 Å². The number of aliphatic hydroxyl groups excluding tert-OH is 1. The Morgan fingerprint density at radius 1 is 1.44 bits per heavy atom. The quantitative estimate of drug-likeness (QED) is 0.440. The Bertz CT molecular complexity index is 99.2. The average molecular weight is 128 g/mol. The molecule has 0 saturated carbocycles. The molecular formula is C7H12O2. The van der Waals surface area contributed by atoms with E-state index in [4.69, 9.17) is 9.84 Å². The predicted octanol–water partition coefficient (Wildman–Crippen LogP) is 0.409. The fourth-order valence-corrected chi connectivity index (χ4v) is 0.348. The van der Waals surface area contributed by atoms with Crippen LogP contribution in [0.2, 0.25) is 0 Å². The highest BCUT2D eigenvalue weighted by Gasteiger charge is 1.73.